The Hall–Kier alpha value is -3.60. The van der Waals surface area contributed by atoms with Crippen molar-refractivity contribution in [1.29, 1.82) is 0 Å². The molecule has 0 radical (unpaired) electrons. The van der Waals surface area contributed by atoms with Gasteiger partial charge in [0.2, 0.25) is 5.91 Å². The lowest BCUT2D eigenvalue weighted by Gasteiger charge is -2.20. The van der Waals surface area contributed by atoms with Gasteiger partial charge in [-0.1, -0.05) is 48.0 Å². The summed E-state index contributed by atoms with van der Waals surface area (Å²) in [7, 11) is 0. The maximum atomic E-state index is 13.0. The Kier molecular flexibility index (Phi) is 5.86. The number of hydrogen-bond acceptors (Lipinski definition) is 3. The van der Waals surface area contributed by atoms with E-state index >= 15 is 0 Å². The maximum absolute atomic E-state index is 13.0. The third-order valence-electron chi connectivity index (χ3n) is 6.36. The minimum Gasteiger partial charge on any atom is -0.494 e. The normalized spacial score (nSPS) is 16.0. The van der Waals surface area contributed by atoms with Crippen molar-refractivity contribution in [1.82, 2.24) is 9.55 Å². The van der Waals surface area contributed by atoms with Crippen molar-refractivity contribution >= 4 is 22.6 Å². The molecule has 0 aliphatic carbocycles. The van der Waals surface area contributed by atoms with E-state index in [-0.39, 0.29) is 11.8 Å². The molecule has 4 aromatic rings. The third-order valence-corrected chi connectivity index (χ3v) is 6.36. The smallest absolute Gasteiger partial charge is 0.227 e. The lowest BCUT2D eigenvalue weighted by molar-refractivity contribution is -0.117. The first-order chi connectivity index (χ1) is 16.1. The second-order valence-electron chi connectivity index (χ2n) is 8.82. The van der Waals surface area contributed by atoms with Crippen LogP contribution in [0, 0.1) is 13.8 Å². The van der Waals surface area contributed by atoms with Crippen LogP contribution in [0.1, 0.15) is 35.7 Å². The molecular weight excluding hydrogens is 410 g/mol. The molecular formula is C28H29N3O2. The molecule has 5 rings (SSSR count). The highest BCUT2D eigenvalue weighted by Crippen LogP contribution is 2.34. The van der Waals surface area contributed by atoms with Crippen molar-refractivity contribution in [3.8, 4) is 5.75 Å². The number of hydrogen-bond donors (Lipinski definition) is 0. The Bertz CT molecular complexity index is 1280. The van der Waals surface area contributed by atoms with Crippen LogP contribution < -0.4 is 9.64 Å². The van der Waals surface area contributed by atoms with Crippen LogP contribution in [-0.2, 0) is 11.3 Å². The summed E-state index contributed by atoms with van der Waals surface area (Å²) in [5.74, 6) is 2.12. The zero-order chi connectivity index (χ0) is 22.8. The van der Waals surface area contributed by atoms with E-state index in [1.165, 1.54) is 5.56 Å². The van der Waals surface area contributed by atoms with Crippen LogP contribution in [0.2, 0.25) is 0 Å². The van der Waals surface area contributed by atoms with Gasteiger partial charge < -0.3 is 14.2 Å². The Morgan fingerprint density at radius 2 is 1.79 bits per heavy atom. The molecule has 1 amide bonds. The Labute approximate surface area is 194 Å². The number of benzene rings is 3. The molecule has 1 unspecified atom stereocenters. The van der Waals surface area contributed by atoms with Gasteiger partial charge in [0.15, 0.2) is 0 Å². The molecule has 3 aromatic carbocycles. The third kappa shape index (κ3) is 4.36. The summed E-state index contributed by atoms with van der Waals surface area (Å²) in [5.41, 5.74) is 5.44. The number of anilines is 1. The van der Waals surface area contributed by atoms with Gasteiger partial charge in [0, 0.05) is 31.1 Å². The average molecular weight is 440 g/mol. The summed E-state index contributed by atoms with van der Waals surface area (Å²) in [6.45, 7) is 6.25. The number of para-hydroxylation sites is 3. The van der Waals surface area contributed by atoms with Gasteiger partial charge in [-0.25, -0.2) is 4.98 Å². The Balaban J connectivity index is 1.37. The van der Waals surface area contributed by atoms with Gasteiger partial charge in [-0.3, -0.25) is 4.79 Å². The number of aromatic nitrogens is 2. The van der Waals surface area contributed by atoms with Crippen molar-refractivity contribution in [2.75, 3.05) is 18.1 Å². The molecule has 5 heteroatoms. The number of carbonyl (C=O) groups excluding carboxylic acids is 1. The van der Waals surface area contributed by atoms with Crippen LogP contribution in [0.5, 0.6) is 5.75 Å². The molecule has 1 aromatic heterocycles. The van der Waals surface area contributed by atoms with Crippen molar-refractivity contribution in [3.63, 3.8) is 0 Å². The average Bonchev–Trinajstić information content (AvgIpc) is 3.38. The van der Waals surface area contributed by atoms with Crippen molar-refractivity contribution < 1.29 is 9.53 Å². The van der Waals surface area contributed by atoms with E-state index in [9.17, 15) is 4.79 Å². The quantitative estimate of drug-likeness (QED) is 0.350. The fourth-order valence-corrected chi connectivity index (χ4v) is 4.79. The number of aryl methyl sites for hydroxylation is 3. The minimum atomic E-state index is 0.0700. The fraction of sp³-hybridized carbons (Fsp3) is 0.286. The number of fused-ring (bicyclic) bond motifs is 1. The number of ether oxygens (including phenoxy) is 1. The molecule has 2 heterocycles. The summed E-state index contributed by atoms with van der Waals surface area (Å²) >= 11 is 0. The number of amides is 1. The van der Waals surface area contributed by atoms with Crippen molar-refractivity contribution in [2.24, 2.45) is 0 Å². The molecule has 1 aliphatic heterocycles. The van der Waals surface area contributed by atoms with Gasteiger partial charge in [0.05, 0.1) is 17.6 Å². The molecule has 33 heavy (non-hydrogen) atoms. The van der Waals surface area contributed by atoms with Gasteiger partial charge in [0.1, 0.15) is 11.6 Å². The van der Waals surface area contributed by atoms with Crippen LogP contribution in [0.25, 0.3) is 11.0 Å². The molecule has 0 saturated carbocycles. The van der Waals surface area contributed by atoms with E-state index in [1.54, 1.807) is 0 Å². The summed E-state index contributed by atoms with van der Waals surface area (Å²) < 4.78 is 8.19. The molecule has 168 valence electrons. The van der Waals surface area contributed by atoms with Crippen molar-refractivity contribution in [2.45, 2.75) is 39.2 Å². The van der Waals surface area contributed by atoms with Crippen LogP contribution >= 0.6 is 0 Å². The summed E-state index contributed by atoms with van der Waals surface area (Å²) in [6, 6.07) is 24.4. The van der Waals surface area contributed by atoms with Crippen LogP contribution in [0.4, 0.5) is 5.69 Å². The SMILES string of the molecule is Cc1ccc(N2CC(c3nc4ccccc4n3CCCOc3ccccc3)CC2=O)c(C)c1. The lowest BCUT2D eigenvalue weighted by Crippen LogP contribution is -2.25. The highest BCUT2D eigenvalue weighted by molar-refractivity contribution is 5.97. The zero-order valence-corrected chi connectivity index (χ0v) is 19.2. The number of rotatable bonds is 7. The zero-order valence-electron chi connectivity index (χ0n) is 19.2. The van der Waals surface area contributed by atoms with Crippen LogP contribution in [-0.4, -0.2) is 28.6 Å². The Morgan fingerprint density at radius 3 is 2.61 bits per heavy atom. The molecule has 1 fully saturated rings. The van der Waals surface area contributed by atoms with Crippen LogP contribution in [0.15, 0.2) is 72.8 Å². The maximum Gasteiger partial charge on any atom is 0.227 e. The molecule has 1 saturated heterocycles. The van der Waals surface area contributed by atoms with E-state index in [0.29, 0.717) is 19.6 Å². The van der Waals surface area contributed by atoms with Gasteiger partial charge in [-0.05, 0) is 56.2 Å². The van der Waals surface area contributed by atoms with E-state index in [2.05, 4.69) is 48.7 Å². The van der Waals surface area contributed by atoms with Gasteiger partial charge in [-0.15, -0.1) is 0 Å². The first kappa shape index (κ1) is 21.3. The highest BCUT2D eigenvalue weighted by atomic mass is 16.5. The summed E-state index contributed by atoms with van der Waals surface area (Å²) in [5, 5.41) is 0. The predicted octanol–water partition coefficient (Wildman–Crippen LogP) is 5.64. The lowest BCUT2D eigenvalue weighted by atomic mass is 10.1. The minimum absolute atomic E-state index is 0.0700. The predicted molar refractivity (Wildman–Crippen MR) is 132 cm³/mol. The first-order valence-corrected chi connectivity index (χ1v) is 11.6. The number of carbonyl (C=O) groups is 1. The van der Waals surface area contributed by atoms with E-state index < -0.39 is 0 Å². The van der Waals surface area contributed by atoms with Crippen molar-refractivity contribution in [3.05, 3.63) is 89.7 Å². The van der Waals surface area contributed by atoms with E-state index in [4.69, 9.17) is 9.72 Å². The summed E-state index contributed by atoms with van der Waals surface area (Å²) in [4.78, 5) is 19.9. The monoisotopic (exact) mass is 439 g/mol. The molecule has 0 bridgehead atoms. The molecule has 1 aliphatic rings. The molecule has 0 spiro atoms. The second-order valence-corrected chi connectivity index (χ2v) is 8.82. The number of imidazole rings is 1. The van der Waals surface area contributed by atoms with Gasteiger partial charge in [-0.2, -0.15) is 0 Å². The summed E-state index contributed by atoms with van der Waals surface area (Å²) in [6.07, 6.45) is 1.35. The van der Waals surface area contributed by atoms with E-state index in [1.807, 2.05) is 47.4 Å². The Morgan fingerprint density at radius 1 is 1.00 bits per heavy atom. The highest BCUT2D eigenvalue weighted by Gasteiger charge is 2.35. The van der Waals surface area contributed by atoms with E-state index in [0.717, 1.165) is 46.8 Å². The van der Waals surface area contributed by atoms with Gasteiger partial charge >= 0.3 is 0 Å². The second kappa shape index (κ2) is 9.10. The largest absolute Gasteiger partial charge is 0.494 e. The van der Waals surface area contributed by atoms with Crippen LogP contribution in [0.3, 0.4) is 0 Å². The topological polar surface area (TPSA) is 47.4 Å². The molecule has 0 N–H and O–H groups in total. The van der Waals surface area contributed by atoms with Gasteiger partial charge in [0.25, 0.3) is 0 Å². The molecule has 5 nitrogen and oxygen atoms in total. The number of nitrogens with zero attached hydrogens (tertiary/aromatic N) is 3. The first-order valence-electron chi connectivity index (χ1n) is 11.6. The fourth-order valence-electron chi connectivity index (χ4n) is 4.79. The standard InChI is InChI=1S/C28H29N3O2/c1-20-13-14-25(21(2)17-20)31-19-22(18-27(31)32)28-29-24-11-6-7-12-26(24)30(28)15-8-16-33-23-9-4-3-5-10-23/h3-7,9-14,17,22H,8,15-16,18-19H2,1-2H3. The molecule has 1 atom stereocenters.